The first-order valence-electron chi connectivity index (χ1n) is 8.20. The molecule has 1 unspecified atom stereocenters. The van der Waals surface area contributed by atoms with Crippen molar-refractivity contribution < 1.29 is 25.4 Å². The predicted octanol–water partition coefficient (Wildman–Crippen LogP) is 0.956. The fraction of sp³-hybridized carbons (Fsp3) is 0.533. The van der Waals surface area contributed by atoms with E-state index in [1.807, 2.05) is 30.3 Å². The molecule has 12 nitrogen and oxygen atoms in total. The third-order valence-electron chi connectivity index (χ3n) is 3.77. The van der Waals surface area contributed by atoms with Gasteiger partial charge in [0, 0.05) is 25.3 Å². The molecule has 1 aliphatic heterocycles. The number of carbonyl (C=O) groups is 1. The highest BCUT2D eigenvalue weighted by molar-refractivity contribution is 5.95. The second kappa shape index (κ2) is 13.2. The number of anilines is 1. The summed E-state index contributed by atoms with van der Waals surface area (Å²) in [6, 6.07) is 9.63. The number of likely N-dealkylation sites (N-methyl/N-ethyl adjacent to an activating group) is 2. The lowest BCUT2D eigenvalue weighted by atomic mass is 10.1. The Kier molecular flexibility index (Phi) is 11.8. The Morgan fingerprint density at radius 2 is 1.63 bits per heavy atom. The molecule has 1 aromatic carbocycles. The Hall–Kier alpha value is -2.99. The van der Waals surface area contributed by atoms with Crippen LogP contribution >= 0.6 is 0 Å². The summed E-state index contributed by atoms with van der Waals surface area (Å²) in [6.07, 6.45) is 0. The maximum Gasteiger partial charge on any atom is 0.291 e. The van der Waals surface area contributed by atoms with Gasteiger partial charge in [0.15, 0.2) is 0 Å². The van der Waals surface area contributed by atoms with Crippen LogP contribution in [0.2, 0.25) is 0 Å². The van der Waals surface area contributed by atoms with Crippen molar-refractivity contribution in [1.82, 2.24) is 9.80 Å². The predicted molar refractivity (Wildman–Crippen MR) is 95.8 cm³/mol. The van der Waals surface area contributed by atoms with Crippen LogP contribution in [0.1, 0.15) is 13.8 Å². The molecule has 2 rings (SSSR count). The van der Waals surface area contributed by atoms with Crippen LogP contribution in [-0.4, -0.2) is 75.1 Å². The average molecular weight is 387 g/mol. The minimum absolute atomic E-state index is 0.0427. The molecule has 12 heteroatoms. The van der Waals surface area contributed by atoms with Gasteiger partial charge in [0.05, 0.1) is 0 Å². The lowest BCUT2D eigenvalue weighted by molar-refractivity contribution is -0.742. The second-order valence-electron chi connectivity index (χ2n) is 5.37. The Bertz CT molecular complexity index is 567. The lowest BCUT2D eigenvalue weighted by Gasteiger charge is -2.39. The first-order chi connectivity index (χ1) is 12.7. The molecule has 1 aromatic rings. The highest BCUT2D eigenvalue weighted by Gasteiger charge is 2.30. The minimum atomic E-state index is -1.50. The summed E-state index contributed by atoms with van der Waals surface area (Å²) in [5.41, 5.74) is 0.872. The highest BCUT2D eigenvalue weighted by atomic mass is 16.9. The smallest absolute Gasteiger partial charge is 0.291 e. The summed E-state index contributed by atoms with van der Waals surface area (Å²) in [6.45, 7) is 9.04. The van der Waals surface area contributed by atoms with E-state index in [-0.39, 0.29) is 11.9 Å². The zero-order valence-corrected chi connectivity index (χ0v) is 15.2. The number of amides is 1. The third kappa shape index (κ3) is 11.3. The number of rotatable bonds is 4. The van der Waals surface area contributed by atoms with Gasteiger partial charge >= 0.3 is 0 Å². The van der Waals surface area contributed by atoms with Gasteiger partial charge in [0.2, 0.25) is 5.91 Å². The summed E-state index contributed by atoms with van der Waals surface area (Å²) >= 11 is 0. The van der Waals surface area contributed by atoms with Crippen molar-refractivity contribution in [3.8, 4) is 0 Å². The van der Waals surface area contributed by atoms with E-state index in [1.54, 1.807) is 0 Å². The van der Waals surface area contributed by atoms with Crippen molar-refractivity contribution in [2.45, 2.75) is 19.9 Å². The van der Waals surface area contributed by atoms with Gasteiger partial charge in [-0.05, 0) is 25.2 Å². The minimum Gasteiger partial charge on any atom is -0.328 e. The first-order valence-corrected chi connectivity index (χ1v) is 8.20. The first kappa shape index (κ1) is 24.0. The van der Waals surface area contributed by atoms with E-state index in [4.69, 9.17) is 30.6 Å². The van der Waals surface area contributed by atoms with Crippen LogP contribution in [0.15, 0.2) is 30.3 Å². The van der Waals surface area contributed by atoms with Crippen LogP contribution in [0, 0.1) is 20.2 Å². The molecule has 0 aliphatic carbocycles. The number of para-hydroxylation sites is 1. The molecule has 3 N–H and O–H groups in total. The van der Waals surface area contributed by atoms with Gasteiger partial charge in [-0.15, -0.1) is 20.2 Å². The number of nitrogens with zero attached hydrogens (tertiary/aromatic N) is 4. The molecule has 1 heterocycles. The fourth-order valence-corrected chi connectivity index (χ4v) is 2.54. The van der Waals surface area contributed by atoms with Crippen LogP contribution in [-0.2, 0) is 4.79 Å². The van der Waals surface area contributed by atoms with Crippen LogP contribution in [0.3, 0.4) is 0 Å². The molecule has 152 valence electrons. The molecular formula is C15H25N5O7. The SMILES string of the molecule is CCN1CCN(CC)C(C(=O)Nc2ccccc2)C1.O=[N+]([O-])O.O=[N+]([O-])O. The van der Waals surface area contributed by atoms with Crippen molar-refractivity contribution in [2.75, 3.05) is 38.0 Å². The largest absolute Gasteiger partial charge is 0.328 e. The number of carbonyl (C=O) groups excluding carboxylic acids is 1. The average Bonchev–Trinajstić information content (AvgIpc) is 2.61. The number of benzene rings is 1. The Balaban J connectivity index is 0.000000718. The lowest BCUT2D eigenvalue weighted by Crippen LogP contribution is -2.57. The molecule has 1 atom stereocenters. The number of piperazine rings is 1. The molecular weight excluding hydrogens is 362 g/mol. The summed E-state index contributed by atoms with van der Waals surface area (Å²) in [5.74, 6) is 0.103. The number of hydrogen-bond acceptors (Lipinski definition) is 7. The summed E-state index contributed by atoms with van der Waals surface area (Å²) in [5, 5.41) is 30.3. The monoisotopic (exact) mass is 387 g/mol. The summed E-state index contributed by atoms with van der Waals surface area (Å²) < 4.78 is 0. The van der Waals surface area contributed by atoms with Crippen molar-refractivity contribution in [3.05, 3.63) is 50.6 Å². The Morgan fingerprint density at radius 3 is 2.07 bits per heavy atom. The molecule has 0 aromatic heterocycles. The molecule has 1 aliphatic rings. The summed E-state index contributed by atoms with van der Waals surface area (Å²) in [7, 11) is 0. The van der Waals surface area contributed by atoms with Crippen molar-refractivity contribution in [1.29, 1.82) is 0 Å². The highest BCUT2D eigenvalue weighted by Crippen LogP contribution is 2.13. The molecule has 0 saturated carbocycles. The van der Waals surface area contributed by atoms with Gasteiger partial charge in [0.25, 0.3) is 10.2 Å². The summed E-state index contributed by atoms with van der Waals surface area (Å²) in [4.78, 5) is 33.7. The van der Waals surface area contributed by atoms with E-state index in [0.717, 1.165) is 38.4 Å². The van der Waals surface area contributed by atoms with Gasteiger partial charge < -0.3 is 20.6 Å². The molecule has 1 amide bonds. The number of hydrogen-bond donors (Lipinski definition) is 3. The van der Waals surface area contributed by atoms with Crippen LogP contribution < -0.4 is 5.32 Å². The van der Waals surface area contributed by atoms with Gasteiger partial charge in [-0.25, -0.2) is 0 Å². The maximum atomic E-state index is 12.4. The molecule has 1 fully saturated rings. The van der Waals surface area contributed by atoms with E-state index in [9.17, 15) is 4.79 Å². The van der Waals surface area contributed by atoms with Gasteiger partial charge in [0.1, 0.15) is 6.04 Å². The van der Waals surface area contributed by atoms with E-state index >= 15 is 0 Å². The number of nitrogens with one attached hydrogen (secondary N) is 1. The van der Waals surface area contributed by atoms with Crippen LogP contribution in [0.25, 0.3) is 0 Å². The molecule has 1 saturated heterocycles. The molecule has 0 radical (unpaired) electrons. The van der Waals surface area contributed by atoms with Crippen LogP contribution in [0.4, 0.5) is 5.69 Å². The Labute approximate surface area is 156 Å². The van der Waals surface area contributed by atoms with E-state index in [0.29, 0.717) is 0 Å². The van der Waals surface area contributed by atoms with Gasteiger partial charge in [-0.3, -0.25) is 9.69 Å². The van der Waals surface area contributed by atoms with E-state index in [1.165, 1.54) is 0 Å². The van der Waals surface area contributed by atoms with Crippen molar-refractivity contribution in [2.24, 2.45) is 0 Å². The molecule has 27 heavy (non-hydrogen) atoms. The quantitative estimate of drug-likeness (QED) is 0.504. The van der Waals surface area contributed by atoms with Gasteiger partial charge in [-0.2, -0.15) is 0 Å². The standard InChI is InChI=1S/C15H23N3O.2HNO3/c1-3-17-10-11-18(4-2)14(12-17)15(19)16-13-8-6-5-7-9-13;2*2-1(3)4/h5-9,14H,3-4,10-12H2,1-2H3,(H,16,19);2*(H,2,3,4). The van der Waals surface area contributed by atoms with E-state index in [2.05, 4.69) is 29.0 Å². The van der Waals surface area contributed by atoms with E-state index < -0.39 is 10.2 Å². The fourth-order valence-electron chi connectivity index (χ4n) is 2.54. The van der Waals surface area contributed by atoms with Crippen molar-refractivity contribution in [3.63, 3.8) is 0 Å². The zero-order valence-electron chi connectivity index (χ0n) is 15.2. The zero-order chi connectivity index (χ0) is 20.8. The normalized spacial score (nSPS) is 16.7. The van der Waals surface area contributed by atoms with Gasteiger partial charge in [-0.1, -0.05) is 32.0 Å². The maximum absolute atomic E-state index is 12.4. The Morgan fingerprint density at radius 1 is 1.11 bits per heavy atom. The van der Waals surface area contributed by atoms with Crippen molar-refractivity contribution >= 4 is 11.6 Å². The van der Waals surface area contributed by atoms with Crippen LogP contribution in [0.5, 0.6) is 0 Å². The molecule has 0 bridgehead atoms. The second-order valence-corrected chi connectivity index (χ2v) is 5.37. The molecule has 0 spiro atoms. The third-order valence-corrected chi connectivity index (χ3v) is 3.77. The topological polar surface area (TPSA) is 162 Å².